The SMILES string of the molecule is CC(=O)NC(CO)C(=O)NCc1ccc(-c2cn[nH]c2-c2c[nH]c(C(=O)N[C@H](CO)c3ccc(F)c(Cl)c3)c2)cc1Cl. The summed E-state index contributed by atoms with van der Waals surface area (Å²) in [6.45, 7) is 0.346. The van der Waals surface area contributed by atoms with E-state index in [-0.39, 0.29) is 17.3 Å². The molecule has 0 bridgehead atoms. The molecule has 0 aliphatic carbocycles. The first-order valence-electron chi connectivity index (χ1n) is 12.6. The van der Waals surface area contributed by atoms with E-state index in [1.807, 2.05) is 0 Å². The molecule has 42 heavy (non-hydrogen) atoms. The highest BCUT2D eigenvalue weighted by Gasteiger charge is 2.21. The van der Waals surface area contributed by atoms with Crippen molar-refractivity contribution in [3.63, 3.8) is 0 Å². The van der Waals surface area contributed by atoms with Crippen molar-refractivity contribution in [2.75, 3.05) is 13.2 Å². The van der Waals surface area contributed by atoms with Gasteiger partial charge in [0.25, 0.3) is 5.91 Å². The maximum atomic E-state index is 13.5. The number of hydrogen-bond acceptors (Lipinski definition) is 6. The summed E-state index contributed by atoms with van der Waals surface area (Å²) in [5.74, 6) is -2.10. The van der Waals surface area contributed by atoms with E-state index in [9.17, 15) is 29.0 Å². The Morgan fingerprint density at radius 1 is 1.00 bits per heavy atom. The molecule has 11 nitrogen and oxygen atoms in total. The van der Waals surface area contributed by atoms with E-state index in [2.05, 4.69) is 31.1 Å². The lowest BCUT2D eigenvalue weighted by Gasteiger charge is -2.16. The fourth-order valence-electron chi connectivity index (χ4n) is 4.20. The van der Waals surface area contributed by atoms with Crippen molar-refractivity contribution in [2.24, 2.45) is 0 Å². The summed E-state index contributed by atoms with van der Waals surface area (Å²) in [5, 5.41) is 34.1. The number of aromatic amines is 2. The zero-order valence-corrected chi connectivity index (χ0v) is 23.7. The number of amides is 3. The van der Waals surface area contributed by atoms with Gasteiger partial charge >= 0.3 is 0 Å². The van der Waals surface area contributed by atoms with Crippen LogP contribution in [-0.4, -0.2) is 62.4 Å². The van der Waals surface area contributed by atoms with Gasteiger partial charge in [0.2, 0.25) is 11.8 Å². The number of benzene rings is 2. The molecule has 2 aromatic heterocycles. The molecule has 0 spiro atoms. The molecule has 220 valence electrons. The standard InChI is InChI=1S/C28H27Cl2FN6O5/c1-14(40)35-25(13-39)27(41)33-9-17-3-2-15(6-20(17)29)19-11-34-37-26(19)18-8-23(32-10-18)28(42)36-24(12-38)16-4-5-22(31)21(30)7-16/h2-8,10-11,24-25,32,38-39H,9,12-13H2,1H3,(H,33,41)(H,34,37)(H,35,40)(H,36,42)/t24-,25?/m1/s1. The summed E-state index contributed by atoms with van der Waals surface area (Å²) in [7, 11) is 0. The highest BCUT2D eigenvalue weighted by Crippen LogP contribution is 2.33. The summed E-state index contributed by atoms with van der Waals surface area (Å²) < 4.78 is 13.5. The van der Waals surface area contributed by atoms with Crippen molar-refractivity contribution in [3.05, 3.63) is 87.5 Å². The average Bonchev–Trinajstić information content (AvgIpc) is 3.65. The largest absolute Gasteiger partial charge is 0.394 e. The number of hydrogen-bond donors (Lipinski definition) is 7. The predicted octanol–water partition coefficient (Wildman–Crippen LogP) is 3.09. The second-order valence-electron chi connectivity index (χ2n) is 9.30. The van der Waals surface area contributed by atoms with Crippen molar-refractivity contribution in [3.8, 4) is 22.4 Å². The van der Waals surface area contributed by atoms with Crippen LogP contribution in [0.15, 0.2) is 54.9 Å². The Labute approximate surface area is 249 Å². The Morgan fingerprint density at radius 2 is 1.79 bits per heavy atom. The van der Waals surface area contributed by atoms with Crippen LogP contribution >= 0.6 is 23.2 Å². The number of carbonyl (C=O) groups excluding carboxylic acids is 3. The Hall–Kier alpha value is -4.23. The van der Waals surface area contributed by atoms with Gasteiger partial charge in [0.05, 0.1) is 36.2 Å². The maximum Gasteiger partial charge on any atom is 0.268 e. The summed E-state index contributed by atoms with van der Waals surface area (Å²) >= 11 is 12.3. The van der Waals surface area contributed by atoms with Gasteiger partial charge in [-0.3, -0.25) is 19.5 Å². The van der Waals surface area contributed by atoms with Crippen LogP contribution < -0.4 is 16.0 Å². The molecule has 0 fully saturated rings. The molecular formula is C28H27Cl2FN6O5. The lowest BCUT2D eigenvalue weighted by molar-refractivity contribution is -0.129. The van der Waals surface area contributed by atoms with Gasteiger partial charge in [0.15, 0.2) is 0 Å². The van der Waals surface area contributed by atoms with E-state index in [4.69, 9.17) is 23.2 Å². The minimum Gasteiger partial charge on any atom is -0.394 e. The van der Waals surface area contributed by atoms with Crippen molar-refractivity contribution in [2.45, 2.75) is 25.6 Å². The summed E-state index contributed by atoms with van der Waals surface area (Å²) in [6.07, 6.45) is 3.22. The predicted molar refractivity (Wildman–Crippen MR) is 154 cm³/mol. The lowest BCUT2D eigenvalue weighted by atomic mass is 10.0. The molecular weight excluding hydrogens is 590 g/mol. The number of nitrogens with one attached hydrogen (secondary N) is 5. The lowest BCUT2D eigenvalue weighted by Crippen LogP contribution is -2.48. The second-order valence-corrected chi connectivity index (χ2v) is 10.1. The number of carbonyl (C=O) groups is 3. The average molecular weight is 617 g/mol. The van der Waals surface area contributed by atoms with Crippen LogP contribution in [0.25, 0.3) is 22.4 Å². The van der Waals surface area contributed by atoms with Gasteiger partial charge in [0, 0.05) is 35.8 Å². The van der Waals surface area contributed by atoms with Gasteiger partial charge in [-0.05, 0) is 41.0 Å². The molecule has 0 radical (unpaired) electrons. The van der Waals surface area contributed by atoms with Gasteiger partial charge in [-0.2, -0.15) is 5.10 Å². The fraction of sp³-hybridized carbons (Fsp3) is 0.214. The summed E-state index contributed by atoms with van der Waals surface area (Å²) in [5.41, 5.74) is 3.90. The van der Waals surface area contributed by atoms with Crippen LogP contribution in [-0.2, 0) is 16.1 Å². The minimum absolute atomic E-state index is 0.0710. The zero-order chi connectivity index (χ0) is 30.4. The number of halogens is 3. The van der Waals surface area contributed by atoms with Crippen LogP contribution in [0.2, 0.25) is 10.0 Å². The molecule has 1 unspecified atom stereocenters. The normalized spacial score (nSPS) is 12.4. The quantitative estimate of drug-likeness (QED) is 0.136. The van der Waals surface area contributed by atoms with E-state index in [1.165, 1.54) is 19.1 Å². The first-order chi connectivity index (χ1) is 20.1. The minimum atomic E-state index is -1.07. The Kier molecular flexibility index (Phi) is 9.96. The van der Waals surface area contributed by atoms with E-state index < -0.39 is 48.8 Å². The number of aliphatic hydroxyl groups excluding tert-OH is 2. The fourth-order valence-corrected chi connectivity index (χ4v) is 4.63. The molecule has 2 aromatic carbocycles. The molecule has 14 heteroatoms. The second kappa shape index (κ2) is 13.6. The van der Waals surface area contributed by atoms with Gasteiger partial charge in [-0.15, -0.1) is 0 Å². The van der Waals surface area contributed by atoms with Crippen LogP contribution in [0.4, 0.5) is 4.39 Å². The van der Waals surface area contributed by atoms with E-state index in [0.717, 1.165) is 6.07 Å². The molecule has 4 aromatic rings. The zero-order valence-electron chi connectivity index (χ0n) is 22.2. The van der Waals surface area contributed by atoms with Crippen molar-refractivity contribution >= 4 is 40.9 Å². The van der Waals surface area contributed by atoms with E-state index >= 15 is 0 Å². The molecule has 7 N–H and O–H groups in total. The van der Waals surface area contributed by atoms with Crippen LogP contribution in [0.3, 0.4) is 0 Å². The Morgan fingerprint density at radius 3 is 2.45 bits per heavy atom. The number of aliphatic hydroxyl groups is 2. The number of nitrogens with zero attached hydrogens (tertiary/aromatic N) is 1. The van der Waals surface area contributed by atoms with Crippen LogP contribution in [0.5, 0.6) is 0 Å². The highest BCUT2D eigenvalue weighted by atomic mass is 35.5. The molecule has 0 aliphatic rings. The maximum absolute atomic E-state index is 13.5. The topological polar surface area (TPSA) is 172 Å². The molecule has 3 amide bonds. The molecule has 0 aliphatic heterocycles. The van der Waals surface area contributed by atoms with Gasteiger partial charge < -0.3 is 31.1 Å². The molecule has 2 heterocycles. The van der Waals surface area contributed by atoms with Crippen molar-refractivity contribution in [1.29, 1.82) is 0 Å². The van der Waals surface area contributed by atoms with E-state index in [1.54, 1.807) is 36.7 Å². The van der Waals surface area contributed by atoms with Crippen molar-refractivity contribution < 1.29 is 29.0 Å². The van der Waals surface area contributed by atoms with E-state index in [0.29, 0.717) is 38.5 Å². The number of H-pyrrole nitrogens is 2. The van der Waals surface area contributed by atoms with Gasteiger partial charge in [-0.25, -0.2) is 4.39 Å². The number of aromatic nitrogens is 3. The monoisotopic (exact) mass is 616 g/mol. The first-order valence-corrected chi connectivity index (χ1v) is 13.4. The third-order valence-corrected chi connectivity index (χ3v) is 7.02. The van der Waals surface area contributed by atoms with Gasteiger partial charge in [0.1, 0.15) is 17.6 Å². The number of rotatable bonds is 11. The third-order valence-electron chi connectivity index (χ3n) is 6.38. The molecule has 0 saturated carbocycles. The molecule has 4 rings (SSSR count). The Bertz CT molecular complexity index is 1610. The summed E-state index contributed by atoms with van der Waals surface area (Å²) in [6, 6.07) is 8.89. The molecule has 0 saturated heterocycles. The molecule has 2 atom stereocenters. The van der Waals surface area contributed by atoms with Crippen LogP contribution in [0.1, 0.15) is 34.6 Å². The highest BCUT2D eigenvalue weighted by molar-refractivity contribution is 6.31. The Balaban J connectivity index is 1.46. The van der Waals surface area contributed by atoms with Crippen molar-refractivity contribution in [1.82, 2.24) is 31.1 Å². The van der Waals surface area contributed by atoms with Gasteiger partial charge in [-0.1, -0.05) is 41.4 Å². The smallest absolute Gasteiger partial charge is 0.268 e. The third kappa shape index (κ3) is 7.15. The van der Waals surface area contributed by atoms with Crippen LogP contribution in [0, 0.1) is 5.82 Å². The summed E-state index contributed by atoms with van der Waals surface area (Å²) in [4.78, 5) is 39.3. The first kappa shape index (κ1) is 30.7.